The molecule has 4 heteroatoms. The Balaban J connectivity index is 2.39. The molecule has 0 bridgehead atoms. The maximum atomic E-state index is 10.9. The first kappa shape index (κ1) is 9.25. The van der Waals surface area contributed by atoms with E-state index in [1.165, 1.54) is 0 Å². The molecule has 1 aliphatic heterocycles. The first-order valence-electron chi connectivity index (χ1n) is 3.79. The number of hydrogen-bond donors (Lipinski definition) is 1. The number of nitrogens with zero attached hydrogens (tertiary/aromatic N) is 1. The Morgan fingerprint density at radius 1 is 1.73 bits per heavy atom. The van der Waals surface area contributed by atoms with E-state index in [2.05, 4.69) is 0 Å². The minimum atomic E-state index is 0.0979. The van der Waals surface area contributed by atoms with E-state index in [4.69, 9.17) is 5.11 Å². The van der Waals surface area contributed by atoms with Gasteiger partial charge in [0.2, 0.25) is 0 Å². The molecule has 0 radical (unpaired) electrons. The highest BCUT2D eigenvalue weighted by molar-refractivity contribution is 14.1. The number of halogens is 1. The fraction of sp³-hybridized carbons (Fsp3) is 0.857. The van der Waals surface area contributed by atoms with Gasteiger partial charge in [-0.25, -0.2) is 0 Å². The van der Waals surface area contributed by atoms with Gasteiger partial charge in [0.25, 0.3) is 3.91 Å². The average molecular weight is 269 g/mol. The van der Waals surface area contributed by atoms with Crippen LogP contribution in [0.5, 0.6) is 0 Å². The van der Waals surface area contributed by atoms with Gasteiger partial charge in [-0.3, -0.25) is 4.79 Å². The fourth-order valence-electron chi connectivity index (χ4n) is 1.37. The van der Waals surface area contributed by atoms with Crippen molar-refractivity contribution in [2.24, 2.45) is 5.92 Å². The third kappa shape index (κ3) is 2.59. The number of piperidine rings is 1. The van der Waals surface area contributed by atoms with Crippen molar-refractivity contribution >= 4 is 26.5 Å². The number of carbonyl (C=O) groups is 1. The lowest BCUT2D eigenvalue weighted by Crippen LogP contribution is -2.37. The predicted octanol–water partition coefficient (Wildman–Crippen LogP) is 1.25. The van der Waals surface area contributed by atoms with Crippen molar-refractivity contribution in [3.8, 4) is 0 Å². The second-order valence-electron chi connectivity index (χ2n) is 2.89. The third-order valence-corrected chi connectivity index (χ3v) is 2.71. The topological polar surface area (TPSA) is 40.5 Å². The van der Waals surface area contributed by atoms with Crippen molar-refractivity contribution in [3.63, 3.8) is 0 Å². The summed E-state index contributed by atoms with van der Waals surface area (Å²) in [6.45, 7) is 1.80. The molecule has 1 rings (SSSR count). The third-order valence-electron chi connectivity index (χ3n) is 2.03. The van der Waals surface area contributed by atoms with Crippen molar-refractivity contribution in [2.45, 2.75) is 12.8 Å². The fourth-order valence-corrected chi connectivity index (χ4v) is 1.81. The van der Waals surface area contributed by atoms with E-state index < -0.39 is 0 Å². The Kier molecular flexibility index (Phi) is 3.58. The maximum Gasteiger partial charge on any atom is 0.283 e. The molecule has 1 unspecified atom stereocenters. The van der Waals surface area contributed by atoms with Crippen LogP contribution in [0, 0.1) is 5.92 Å². The molecule has 0 aromatic heterocycles. The molecule has 0 aliphatic carbocycles. The van der Waals surface area contributed by atoms with Gasteiger partial charge >= 0.3 is 0 Å². The molecule has 1 heterocycles. The van der Waals surface area contributed by atoms with Gasteiger partial charge in [-0.2, -0.15) is 0 Å². The Morgan fingerprint density at radius 2 is 2.45 bits per heavy atom. The maximum absolute atomic E-state index is 10.9. The second-order valence-corrected chi connectivity index (χ2v) is 3.81. The zero-order valence-corrected chi connectivity index (χ0v) is 8.45. The van der Waals surface area contributed by atoms with Gasteiger partial charge in [-0.05, 0) is 18.8 Å². The zero-order chi connectivity index (χ0) is 8.27. The number of aliphatic hydroxyl groups is 1. The smallest absolute Gasteiger partial charge is 0.283 e. The van der Waals surface area contributed by atoms with Crippen LogP contribution in [-0.4, -0.2) is 33.6 Å². The summed E-state index contributed by atoms with van der Waals surface area (Å²) >= 11 is 1.79. The molecule has 1 fully saturated rings. The minimum Gasteiger partial charge on any atom is -0.396 e. The van der Waals surface area contributed by atoms with E-state index in [0.29, 0.717) is 5.92 Å². The van der Waals surface area contributed by atoms with Gasteiger partial charge in [0, 0.05) is 42.3 Å². The molecule has 3 nitrogen and oxygen atoms in total. The highest BCUT2D eigenvalue weighted by atomic mass is 127. The monoisotopic (exact) mass is 269 g/mol. The minimum absolute atomic E-state index is 0.0979. The van der Waals surface area contributed by atoms with Gasteiger partial charge < -0.3 is 10.0 Å². The Bertz CT molecular complexity index is 151. The van der Waals surface area contributed by atoms with Crippen LogP contribution in [0.25, 0.3) is 0 Å². The molecule has 1 aliphatic rings. The summed E-state index contributed by atoms with van der Waals surface area (Å²) < 4.78 is 0.0979. The number of aliphatic hydroxyl groups excluding tert-OH is 1. The van der Waals surface area contributed by atoms with Crippen LogP contribution in [0.1, 0.15) is 12.8 Å². The number of hydrogen-bond acceptors (Lipinski definition) is 2. The predicted molar refractivity (Wildman–Crippen MR) is 50.8 cm³/mol. The van der Waals surface area contributed by atoms with Crippen molar-refractivity contribution in [3.05, 3.63) is 0 Å². The molecular formula is C7H12INO2. The first-order valence-corrected chi connectivity index (χ1v) is 4.87. The SMILES string of the molecule is O=C(I)N1CCCC(CO)C1. The van der Waals surface area contributed by atoms with Gasteiger partial charge in [0.05, 0.1) is 0 Å². The molecular weight excluding hydrogens is 257 g/mol. The highest BCUT2D eigenvalue weighted by Crippen LogP contribution is 2.17. The average Bonchev–Trinajstić information content (AvgIpc) is 2.05. The standard InChI is InChI=1S/C7H12INO2/c8-7(11)9-3-1-2-6(4-9)5-10/h6,10H,1-5H2. The van der Waals surface area contributed by atoms with Crippen molar-refractivity contribution in [1.82, 2.24) is 4.90 Å². The number of carbonyl (C=O) groups excluding carboxylic acids is 1. The lowest BCUT2D eigenvalue weighted by molar-refractivity contribution is 0.142. The van der Waals surface area contributed by atoms with E-state index in [1.807, 2.05) is 0 Å². The second kappa shape index (κ2) is 4.25. The molecule has 1 N–H and O–H groups in total. The molecule has 0 aromatic rings. The van der Waals surface area contributed by atoms with Crippen LogP contribution in [0.15, 0.2) is 0 Å². The van der Waals surface area contributed by atoms with Crippen molar-refractivity contribution in [2.75, 3.05) is 19.7 Å². The summed E-state index contributed by atoms with van der Waals surface area (Å²) in [5, 5.41) is 8.85. The van der Waals surface area contributed by atoms with E-state index in [1.54, 1.807) is 27.5 Å². The van der Waals surface area contributed by atoms with E-state index in [-0.39, 0.29) is 10.5 Å². The Hall–Kier alpha value is 0.160. The van der Waals surface area contributed by atoms with Gasteiger partial charge in [-0.15, -0.1) is 0 Å². The van der Waals surface area contributed by atoms with Crippen molar-refractivity contribution in [1.29, 1.82) is 0 Å². The molecule has 0 saturated carbocycles. The van der Waals surface area contributed by atoms with E-state index in [9.17, 15) is 4.79 Å². The van der Waals surface area contributed by atoms with Gasteiger partial charge in [0.15, 0.2) is 0 Å². The molecule has 1 amide bonds. The molecule has 1 saturated heterocycles. The lowest BCUT2D eigenvalue weighted by atomic mass is 10.00. The molecule has 0 aromatic carbocycles. The summed E-state index contributed by atoms with van der Waals surface area (Å²) in [7, 11) is 0. The van der Waals surface area contributed by atoms with E-state index in [0.717, 1.165) is 25.9 Å². The molecule has 1 atom stereocenters. The summed E-state index contributed by atoms with van der Waals surface area (Å²) in [4.78, 5) is 12.7. The Morgan fingerprint density at radius 3 is 3.00 bits per heavy atom. The normalized spacial score (nSPS) is 25.3. The quantitative estimate of drug-likeness (QED) is 0.442. The number of likely N-dealkylation sites (tertiary alicyclic amines) is 1. The van der Waals surface area contributed by atoms with Crippen LogP contribution < -0.4 is 0 Å². The number of rotatable bonds is 1. The highest BCUT2D eigenvalue weighted by Gasteiger charge is 2.20. The Labute approximate surface area is 79.9 Å². The lowest BCUT2D eigenvalue weighted by Gasteiger charge is -2.30. The molecule has 11 heavy (non-hydrogen) atoms. The van der Waals surface area contributed by atoms with Crippen LogP contribution in [0.4, 0.5) is 4.79 Å². The number of amides is 1. The van der Waals surface area contributed by atoms with Crippen LogP contribution >= 0.6 is 22.6 Å². The summed E-state index contributed by atoms with van der Waals surface area (Å²) in [6.07, 6.45) is 2.08. The van der Waals surface area contributed by atoms with Gasteiger partial charge in [-0.1, -0.05) is 0 Å². The van der Waals surface area contributed by atoms with Crippen molar-refractivity contribution < 1.29 is 9.90 Å². The zero-order valence-electron chi connectivity index (χ0n) is 6.29. The van der Waals surface area contributed by atoms with Crippen LogP contribution in [0.2, 0.25) is 0 Å². The van der Waals surface area contributed by atoms with E-state index >= 15 is 0 Å². The van der Waals surface area contributed by atoms with Crippen LogP contribution in [0.3, 0.4) is 0 Å². The largest absolute Gasteiger partial charge is 0.396 e. The summed E-state index contributed by atoms with van der Waals surface area (Å²) in [5.41, 5.74) is 0. The first-order chi connectivity index (χ1) is 5.24. The summed E-state index contributed by atoms with van der Waals surface area (Å²) in [6, 6.07) is 0. The molecule has 0 spiro atoms. The van der Waals surface area contributed by atoms with Gasteiger partial charge in [0.1, 0.15) is 0 Å². The summed E-state index contributed by atoms with van der Waals surface area (Å²) in [5.74, 6) is 0.308. The van der Waals surface area contributed by atoms with Crippen LogP contribution in [-0.2, 0) is 0 Å². The molecule has 64 valence electrons.